The number of nitrogens with zero attached hydrogens (tertiary/aromatic N) is 1. The van der Waals surface area contributed by atoms with Crippen LogP contribution in [0.2, 0.25) is 0 Å². The highest BCUT2D eigenvalue weighted by Crippen LogP contribution is 2.26. The average molecular weight is 247 g/mol. The Kier molecular flexibility index (Phi) is 3.24. The summed E-state index contributed by atoms with van der Waals surface area (Å²) in [7, 11) is -2.93. The van der Waals surface area contributed by atoms with Crippen molar-refractivity contribution in [3.8, 4) is 0 Å². The zero-order valence-corrected chi connectivity index (χ0v) is 11.2. The first kappa shape index (κ1) is 13.3. The molecule has 0 aromatic carbocycles. The van der Waals surface area contributed by atoms with Crippen LogP contribution in [0.3, 0.4) is 0 Å². The topological polar surface area (TPSA) is 84.5 Å². The highest BCUT2D eigenvalue weighted by Gasteiger charge is 2.38. The third-order valence-electron chi connectivity index (χ3n) is 2.38. The van der Waals surface area contributed by atoms with Crippen LogP contribution in [0.5, 0.6) is 0 Å². The van der Waals surface area contributed by atoms with Crippen LogP contribution < -0.4 is 11.1 Å². The van der Waals surface area contributed by atoms with Crippen LogP contribution in [0.4, 0.5) is 0 Å². The number of rotatable bonds is 1. The summed E-state index contributed by atoms with van der Waals surface area (Å²) in [5.41, 5.74) is 5.02. The molecule has 0 aliphatic carbocycles. The largest absolute Gasteiger partial charge is 0.370 e. The van der Waals surface area contributed by atoms with Crippen molar-refractivity contribution >= 4 is 15.8 Å². The molecule has 94 valence electrons. The van der Waals surface area contributed by atoms with Gasteiger partial charge in [-0.25, -0.2) is 13.4 Å². The molecule has 1 unspecified atom stereocenters. The van der Waals surface area contributed by atoms with Crippen LogP contribution >= 0.6 is 0 Å². The van der Waals surface area contributed by atoms with Crippen molar-refractivity contribution in [2.45, 2.75) is 45.2 Å². The van der Waals surface area contributed by atoms with Gasteiger partial charge in [0.2, 0.25) is 0 Å². The summed E-state index contributed by atoms with van der Waals surface area (Å²) in [5.74, 6) is 0.606. The van der Waals surface area contributed by atoms with Crippen molar-refractivity contribution in [2.75, 3.05) is 11.5 Å². The van der Waals surface area contributed by atoms with Crippen molar-refractivity contribution < 1.29 is 8.42 Å². The van der Waals surface area contributed by atoms with Crippen LogP contribution in [0, 0.1) is 0 Å². The van der Waals surface area contributed by atoms with Gasteiger partial charge in [-0.15, -0.1) is 0 Å². The number of nitrogens with one attached hydrogen (secondary N) is 1. The van der Waals surface area contributed by atoms with E-state index in [1.807, 2.05) is 27.7 Å². The molecular weight excluding hydrogens is 226 g/mol. The van der Waals surface area contributed by atoms with Crippen LogP contribution in [-0.4, -0.2) is 37.0 Å². The number of hydrogen-bond acceptors (Lipinski definition) is 3. The standard InChI is InChI=1S/C10H21N3O2S/c1-9(2,3)12-8(11)13-10(4)5-6-16(14,15)7-10/h5-7H2,1-4H3,(H3,11,12,13). The van der Waals surface area contributed by atoms with Crippen molar-refractivity contribution in [1.29, 1.82) is 0 Å². The third kappa shape index (κ3) is 4.00. The SMILES string of the molecule is CC1(N=C(N)NC(C)(C)C)CCS(=O)(=O)C1. The summed E-state index contributed by atoms with van der Waals surface area (Å²) >= 11 is 0. The van der Waals surface area contributed by atoms with Crippen molar-refractivity contribution in [3.05, 3.63) is 0 Å². The molecule has 5 nitrogen and oxygen atoms in total. The monoisotopic (exact) mass is 247 g/mol. The fraction of sp³-hybridized carbons (Fsp3) is 0.900. The molecule has 1 heterocycles. The molecule has 0 aromatic heterocycles. The first-order chi connectivity index (χ1) is 7.02. The van der Waals surface area contributed by atoms with E-state index >= 15 is 0 Å². The summed E-state index contributed by atoms with van der Waals surface area (Å²) in [6, 6.07) is 0. The van der Waals surface area contributed by atoms with Gasteiger partial charge in [-0.1, -0.05) is 0 Å². The molecule has 1 saturated heterocycles. The molecule has 3 N–H and O–H groups in total. The molecule has 0 saturated carbocycles. The normalized spacial score (nSPS) is 30.4. The van der Waals surface area contributed by atoms with Gasteiger partial charge in [-0.3, -0.25) is 0 Å². The smallest absolute Gasteiger partial charge is 0.189 e. The van der Waals surface area contributed by atoms with Gasteiger partial charge in [0.25, 0.3) is 0 Å². The van der Waals surface area contributed by atoms with E-state index < -0.39 is 15.4 Å². The lowest BCUT2D eigenvalue weighted by molar-refractivity contribution is 0.490. The van der Waals surface area contributed by atoms with E-state index in [1.54, 1.807) is 0 Å². The molecular formula is C10H21N3O2S. The Hall–Kier alpha value is -0.780. The molecule has 1 aliphatic heterocycles. The lowest BCUT2D eigenvalue weighted by atomic mass is 10.0. The molecule has 1 aliphatic rings. The molecule has 16 heavy (non-hydrogen) atoms. The highest BCUT2D eigenvalue weighted by molar-refractivity contribution is 7.91. The van der Waals surface area contributed by atoms with Crippen LogP contribution in [0.1, 0.15) is 34.1 Å². The Morgan fingerprint density at radius 3 is 2.38 bits per heavy atom. The van der Waals surface area contributed by atoms with Crippen LogP contribution in [0.15, 0.2) is 4.99 Å². The summed E-state index contributed by atoms with van der Waals surface area (Å²) < 4.78 is 22.8. The number of guanidine groups is 1. The number of aliphatic imine (C=N–C) groups is 1. The quantitative estimate of drug-likeness (QED) is 0.514. The number of sulfone groups is 1. The van der Waals surface area contributed by atoms with Gasteiger partial charge in [0, 0.05) is 5.54 Å². The second-order valence-electron chi connectivity index (χ2n) is 5.71. The minimum atomic E-state index is -2.93. The molecule has 0 amide bonds. The second kappa shape index (κ2) is 3.91. The molecule has 1 atom stereocenters. The van der Waals surface area contributed by atoms with Gasteiger partial charge >= 0.3 is 0 Å². The minimum Gasteiger partial charge on any atom is -0.370 e. The van der Waals surface area contributed by atoms with Gasteiger partial charge in [0.05, 0.1) is 17.0 Å². The maximum absolute atomic E-state index is 11.4. The first-order valence-corrected chi connectivity index (χ1v) is 7.18. The van der Waals surface area contributed by atoms with Crippen molar-refractivity contribution in [2.24, 2.45) is 10.7 Å². The van der Waals surface area contributed by atoms with E-state index in [1.165, 1.54) is 0 Å². The molecule has 1 fully saturated rings. The van der Waals surface area contributed by atoms with E-state index in [-0.39, 0.29) is 17.0 Å². The predicted molar refractivity (Wildman–Crippen MR) is 66.2 cm³/mol. The zero-order valence-electron chi connectivity index (χ0n) is 10.4. The second-order valence-corrected chi connectivity index (χ2v) is 7.90. The van der Waals surface area contributed by atoms with Gasteiger partial charge in [0.1, 0.15) is 0 Å². The molecule has 0 radical (unpaired) electrons. The van der Waals surface area contributed by atoms with E-state index in [0.717, 1.165) is 0 Å². The Morgan fingerprint density at radius 1 is 1.44 bits per heavy atom. The van der Waals surface area contributed by atoms with Gasteiger partial charge < -0.3 is 11.1 Å². The molecule has 6 heteroatoms. The van der Waals surface area contributed by atoms with E-state index in [2.05, 4.69) is 10.3 Å². The van der Waals surface area contributed by atoms with E-state index in [4.69, 9.17) is 5.73 Å². The predicted octanol–water partition coefficient (Wildman–Crippen LogP) is 0.266. The van der Waals surface area contributed by atoms with E-state index in [9.17, 15) is 8.42 Å². The van der Waals surface area contributed by atoms with Crippen molar-refractivity contribution in [1.82, 2.24) is 5.32 Å². The number of nitrogens with two attached hydrogens (primary N) is 1. The Labute approximate surface area is 97.4 Å². The van der Waals surface area contributed by atoms with Gasteiger partial charge in [-0.05, 0) is 34.1 Å². The van der Waals surface area contributed by atoms with Gasteiger partial charge in [-0.2, -0.15) is 0 Å². The van der Waals surface area contributed by atoms with Crippen molar-refractivity contribution in [3.63, 3.8) is 0 Å². The maximum Gasteiger partial charge on any atom is 0.189 e. The summed E-state index contributed by atoms with van der Waals surface area (Å²) in [4.78, 5) is 4.29. The maximum atomic E-state index is 11.4. The Bertz CT molecular complexity index is 395. The molecule has 0 spiro atoms. The lowest BCUT2D eigenvalue weighted by Crippen LogP contribution is -2.46. The summed E-state index contributed by atoms with van der Waals surface area (Å²) in [6.45, 7) is 7.75. The molecule has 1 rings (SSSR count). The van der Waals surface area contributed by atoms with Crippen LogP contribution in [0.25, 0.3) is 0 Å². The summed E-state index contributed by atoms with van der Waals surface area (Å²) in [5, 5.41) is 3.03. The highest BCUT2D eigenvalue weighted by atomic mass is 32.2. The molecule has 0 aromatic rings. The van der Waals surface area contributed by atoms with E-state index in [0.29, 0.717) is 12.4 Å². The van der Waals surface area contributed by atoms with Gasteiger partial charge in [0.15, 0.2) is 15.8 Å². The molecule has 0 bridgehead atoms. The Balaban J connectivity index is 2.77. The lowest BCUT2D eigenvalue weighted by Gasteiger charge is -2.24. The number of hydrogen-bond donors (Lipinski definition) is 2. The van der Waals surface area contributed by atoms with Crippen LogP contribution in [-0.2, 0) is 9.84 Å². The zero-order chi connectivity index (χ0) is 12.6. The average Bonchev–Trinajstić information content (AvgIpc) is 2.19. The summed E-state index contributed by atoms with van der Waals surface area (Å²) in [6.07, 6.45) is 0.544. The first-order valence-electron chi connectivity index (χ1n) is 5.35. The minimum absolute atomic E-state index is 0.0898. The third-order valence-corrected chi connectivity index (χ3v) is 4.26. The Morgan fingerprint density at radius 2 is 2.00 bits per heavy atom. The fourth-order valence-corrected chi connectivity index (χ4v) is 3.84. The fourth-order valence-electron chi connectivity index (χ4n) is 1.78.